The first kappa shape index (κ1) is 16.0. The van der Waals surface area contributed by atoms with Gasteiger partial charge in [0.1, 0.15) is 0 Å². The highest BCUT2D eigenvalue weighted by molar-refractivity contribution is 5.85. The first-order chi connectivity index (χ1) is 8.70. The van der Waals surface area contributed by atoms with Crippen molar-refractivity contribution in [1.29, 1.82) is 0 Å². The fraction of sp³-hybridized carbons (Fsp3) is 0.500. The molecule has 1 saturated heterocycles. The van der Waals surface area contributed by atoms with Gasteiger partial charge in [0.25, 0.3) is 0 Å². The average molecular weight is 285 g/mol. The molecule has 0 aliphatic carbocycles. The lowest BCUT2D eigenvalue weighted by Crippen LogP contribution is -2.50. The van der Waals surface area contributed by atoms with E-state index in [4.69, 9.17) is 10.5 Å². The van der Waals surface area contributed by atoms with Crippen LogP contribution in [0.4, 0.5) is 0 Å². The summed E-state index contributed by atoms with van der Waals surface area (Å²) >= 11 is 0. The van der Waals surface area contributed by atoms with E-state index in [0.29, 0.717) is 6.54 Å². The molecule has 2 rings (SSSR count). The Morgan fingerprint density at radius 1 is 1.42 bits per heavy atom. The number of benzene rings is 1. The van der Waals surface area contributed by atoms with E-state index in [-0.39, 0.29) is 30.3 Å². The van der Waals surface area contributed by atoms with Gasteiger partial charge in [0.15, 0.2) is 0 Å². The zero-order valence-electron chi connectivity index (χ0n) is 11.1. The molecule has 2 atom stereocenters. The summed E-state index contributed by atoms with van der Waals surface area (Å²) in [5, 5.41) is 0. The third-order valence-corrected chi connectivity index (χ3v) is 3.50. The Morgan fingerprint density at radius 3 is 2.74 bits per heavy atom. The second kappa shape index (κ2) is 7.48. The SMILES string of the molecule is COC(=O)[C@H]1CN(Cc2ccccc2)CC[C@@H]1N.Cl. The number of halogens is 1. The van der Waals surface area contributed by atoms with E-state index in [0.717, 1.165) is 19.5 Å². The zero-order chi connectivity index (χ0) is 13.0. The molecule has 1 aromatic carbocycles. The maximum absolute atomic E-state index is 11.6. The predicted octanol–water partition coefficient (Wildman–Crippen LogP) is 1.43. The molecule has 0 unspecified atom stereocenters. The van der Waals surface area contributed by atoms with Gasteiger partial charge in [-0.15, -0.1) is 12.4 Å². The summed E-state index contributed by atoms with van der Waals surface area (Å²) in [5.41, 5.74) is 7.24. The third-order valence-electron chi connectivity index (χ3n) is 3.50. The van der Waals surface area contributed by atoms with Crippen LogP contribution in [0, 0.1) is 5.92 Å². The maximum atomic E-state index is 11.6. The number of ether oxygens (including phenoxy) is 1. The summed E-state index contributed by atoms with van der Waals surface area (Å²) in [6, 6.07) is 10.2. The second-order valence-electron chi connectivity index (χ2n) is 4.80. The Labute approximate surface area is 120 Å². The molecule has 5 heteroatoms. The van der Waals surface area contributed by atoms with E-state index >= 15 is 0 Å². The molecule has 2 N–H and O–H groups in total. The van der Waals surface area contributed by atoms with E-state index in [1.165, 1.54) is 12.7 Å². The number of nitrogens with zero attached hydrogens (tertiary/aromatic N) is 1. The smallest absolute Gasteiger partial charge is 0.311 e. The number of esters is 1. The van der Waals surface area contributed by atoms with Crippen LogP contribution in [0.25, 0.3) is 0 Å². The van der Waals surface area contributed by atoms with E-state index < -0.39 is 0 Å². The lowest BCUT2D eigenvalue weighted by Gasteiger charge is -2.35. The van der Waals surface area contributed by atoms with Crippen LogP contribution in [-0.4, -0.2) is 37.1 Å². The van der Waals surface area contributed by atoms with Crippen molar-refractivity contribution in [2.24, 2.45) is 11.7 Å². The predicted molar refractivity (Wildman–Crippen MR) is 77.1 cm³/mol. The summed E-state index contributed by atoms with van der Waals surface area (Å²) in [7, 11) is 1.42. The summed E-state index contributed by atoms with van der Waals surface area (Å²) < 4.78 is 4.81. The molecule has 1 aliphatic heterocycles. The van der Waals surface area contributed by atoms with Crippen molar-refractivity contribution in [3.63, 3.8) is 0 Å². The van der Waals surface area contributed by atoms with E-state index in [9.17, 15) is 4.79 Å². The molecule has 1 fully saturated rings. The van der Waals surface area contributed by atoms with Crippen LogP contribution in [0.15, 0.2) is 30.3 Å². The van der Waals surface area contributed by atoms with E-state index in [1.54, 1.807) is 0 Å². The molecule has 0 aromatic heterocycles. The van der Waals surface area contributed by atoms with Crippen molar-refractivity contribution in [2.45, 2.75) is 19.0 Å². The maximum Gasteiger partial charge on any atom is 0.311 e. The fourth-order valence-corrected chi connectivity index (χ4v) is 2.42. The van der Waals surface area contributed by atoms with Crippen molar-refractivity contribution < 1.29 is 9.53 Å². The van der Waals surface area contributed by atoms with Crippen molar-refractivity contribution in [3.05, 3.63) is 35.9 Å². The number of methoxy groups -OCH3 is 1. The molecule has 0 radical (unpaired) electrons. The Kier molecular flexibility index (Phi) is 6.28. The van der Waals surface area contributed by atoms with Gasteiger partial charge in [-0.25, -0.2) is 0 Å². The Balaban J connectivity index is 0.00000180. The first-order valence-corrected chi connectivity index (χ1v) is 6.30. The Hall–Kier alpha value is -1.10. The number of nitrogens with two attached hydrogens (primary N) is 1. The molecule has 0 spiro atoms. The summed E-state index contributed by atoms with van der Waals surface area (Å²) in [6.45, 7) is 2.48. The first-order valence-electron chi connectivity index (χ1n) is 6.30. The molecular weight excluding hydrogens is 264 g/mol. The Bertz CT molecular complexity index is 400. The van der Waals surface area contributed by atoms with Gasteiger partial charge in [0.05, 0.1) is 13.0 Å². The number of hydrogen-bond acceptors (Lipinski definition) is 4. The highest BCUT2D eigenvalue weighted by Crippen LogP contribution is 2.19. The number of hydrogen-bond donors (Lipinski definition) is 1. The topological polar surface area (TPSA) is 55.6 Å². The summed E-state index contributed by atoms with van der Waals surface area (Å²) in [6.07, 6.45) is 0.840. The van der Waals surface area contributed by atoms with Crippen LogP contribution in [-0.2, 0) is 16.1 Å². The van der Waals surface area contributed by atoms with Crippen LogP contribution in [0.3, 0.4) is 0 Å². The van der Waals surface area contributed by atoms with Crippen LogP contribution >= 0.6 is 12.4 Å². The van der Waals surface area contributed by atoms with Gasteiger partial charge in [-0.05, 0) is 12.0 Å². The summed E-state index contributed by atoms with van der Waals surface area (Å²) in [5.74, 6) is -0.396. The zero-order valence-corrected chi connectivity index (χ0v) is 11.9. The number of carbonyl (C=O) groups excluding carboxylic acids is 1. The monoisotopic (exact) mass is 284 g/mol. The van der Waals surface area contributed by atoms with Crippen molar-refractivity contribution >= 4 is 18.4 Å². The lowest BCUT2D eigenvalue weighted by molar-refractivity contribution is -0.148. The Morgan fingerprint density at radius 2 is 2.11 bits per heavy atom. The van der Waals surface area contributed by atoms with Crippen LogP contribution < -0.4 is 5.73 Å². The number of piperidine rings is 1. The number of carbonyl (C=O) groups is 1. The molecule has 0 amide bonds. The molecule has 4 nitrogen and oxygen atoms in total. The van der Waals surface area contributed by atoms with E-state index in [2.05, 4.69) is 17.0 Å². The lowest BCUT2D eigenvalue weighted by atomic mass is 9.92. The molecule has 1 heterocycles. The molecule has 1 aliphatic rings. The van der Waals surface area contributed by atoms with Crippen molar-refractivity contribution in [2.75, 3.05) is 20.2 Å². The van der Waals surface area contributed by atoms with Crippen molar-refractivity contribution in [1.82, 2.24) is 4.90 Å². The minimum atomic E-state index is -0.201. The van der Waals surface area contributed by atoms with Gasteiger partial charge in [-0.1, -0.05) is 30.3 Å². The van der Waals surface area contributed by atoms with Crippen LogP contribution in [0.1, 0.15) is 12.0 Å². The third kappa shape index (κ3) is 4.20. The van der Waals surface area contributed by atoms with E-state index in [1.807, 2.05) is 18.2 Å². The molecule has 19 heavy (non-hydrogen) atoms. The van der Waals surface area contributed by atoms with Gasteiger partial charge < -0.3 is 10.5 Å². The van der Waals surface area contributed by atoms with Gasteiger partial charge in [-0.2, -0.15) is 0 Å². The quantitative estimate of drug-likeness (QED) is 0.853. The average Bonchev–Trinajstić information content (AvgIpc) is 2.41. The van der Waals surface area contributed by atoms with Crippen molar-refractivity contribution in [3.8, 4) is 0 Å². The minimum Gasteiger partial charge on any atom is -0.469 e. The molecule has 0 bridgehead atoms. The molecule has 0 saturated carbocycles. The van der Waals surface area contributed by atoms with Gasteiger partial charge in [0.2, 0.25) is 0 Å². The van der Waals surface area contributed by atoms with Gasteiger partial charge in [0, 0.05) is 25.7 Å². The van der Waals surface area contributed by atoms with Gasteiger partial charge >= 0.3 is 5.97 Å². The second-order valence-corrected chi connectivity index (χ2v) is 4.80. The fourth-order valence-electron chi connectivity index (χ4n) is 2.42. The standard InChI is InChI=1S/C14H20N2O2.ClH/c1-18-14(17)12-10-16(8-7-13(12)15)9-11-5-3-2-4-6-11;/h2-6,12-13H,7-10,15H2,1H3;1H/t12-,13-;/m0./s1. The minimum absolute atomic E-state index is 0. The molecule has 106 valence electrons. The van der Waals surface area contributed by atoms with Crippen LogP contribution in [0.5, 0.6) is 0 Å². The molecule has 1 aromatic rings. The normalized spacial score (nSPS) is 23.5. The number of rotatable bonds is 3. The number of likely N-dealkylation sites (tertiary alicyclic amines) is 1. The van der Waals surface area contributed by atoms with Gasteiger partial charge in [-0.3, -0.25) is 9.69 Å². The largest absolute Gasteiger partial charge is 0.469 e. The highest BCUT2D eigenvalue weighted by Gasteiger charge is 2.32. The summed E-state index contributed by atoms with van der Waals surface area (Å²) in [4.78, 5) is 13.9. The van der Waals surface area contributed by atoms with Crippen LogP contribution in [0.2, 0.25) is 0 Å². The molecular formula is C14H21ClN2O2. The highest BCUT2D eigenvalue weighted by atomic mass is 35.5.